The van der Waals surface area contributed by atoms with Crippen molar-refractivity contribution in [2.24, 2.45) is 0 Å². The third-order valence-corrected chi connectivity index (χ3v) is 3.75. The van der Waals surface area contributed by atoms with Crippen molar-refractivity contribution < 1.29 is 4.79 Å². The third-order valence-electron chi connectivity index (χ3n) is 2.62. The number of carbonyl (C=O) groups excluding carboxylic acids is 1. The highest BCUT2D eigenvalue weighted by molar-refractivity contribution is 7.09. The summed E-state index contributed by atoms with van der Waals surface area (Å²) in [5.41, 5.74) is 0.912. The van der Waals surface area contributed by atoms with Crippen LogP contribution in [0.2, 0.25) is 5.28 Å². The standard InChI is InChI=1S/C12H16ClN5OS/c1-2-3-11-15-8(7-20-11)6-14-10(19)5-4-9-16-12(13)18-17-9/h7H,2-6H2,1H3,(H,14,19)(H,16,17,18). The molecule has 0 aromatic carbocycles. The Kier molecular flexibility index (Phi) is 5.49. The molecule has 2 N–H and O–H groups in total. The summed E-state index contributed by atoms with van der Waals surface area (Å²) in [6.07, 6.45) is 2.91. The quantitative estimate of drug-likeness (QED) is 0.820. The van der Waals surface area contributed by atoms with E-state index in [9.17, 15) is 4.79 Å². The molecule has 20 heavy (non-hydrogen) atoms. The molecule has 0 aliphatic heterocycles. The highest BCUT2D eigenvalue weighted by Gasteiger charge is 2.07. The minimum atomic E-state index is -0.0393. The van der Waals surface area contributed by atoms with Crippen molar-refractivity contribution in [2.75, 3.05) is 0 Å². The van der Waals surface area contributed by atoms with Crippen LogP contribution in [0.4, 0.5) is 0 Å². The van der Waals surface area contributed by atoms with Gasteiger partial charge in [0.05, 0.1) is 17.2 Å². The van der Waals surface area contributed by atoms with Gasteiger partial charge in [0, 0.05) is 18.2 Å². The van der Waals surface area contributed by atoms with Gasteiger partial charge in [0.15, 0.2) is 0 Å². The lowest BCUT2D eigenvalue weighted by atomic mass is 10.3. The van der Waals surface area contributed by atoms with Gasteiger partial charge >= 0.3 is 0 Å². The van der Waals surface area contributed by atoms with E-state index in [0.717, 1.165) is 23.5 Å². The highest BCUT2D eigenvalue weighted by atomic mass is 35.5. The van der Waals surface area contributed by atoms with Gasteiger partial charge < -0.3 is 5.32 Å². The van der Waals surface area contributed by atoms with Crippen molar-refractivity contribution in [3.63, 3.8) is 0 Å². The largest absolute Gasteiger partial charge is 0.350 e. The predicted molar refractivity (Wildman–Crippen MR) is 77.7 cm³/mol. The maximum atomic E-state index is 11.7. The summed E-state index contributed by atoms with van der Waals surface area (Å²) >= 11 is 7.22. The summed E-state index contributed by atoms with van der Waals surface area (Å²) < 4.78 is 0. The van der Waals surface area contributed by atoms with Crippen LogP contribution in [-0.4, -0.2) is 26.1 Å². The minimum Gasteiger partial charge on any atom is -0.350 e. The number of thiazole rings is 1. The molecule has 6 nitrogen and oxygen atoms in total. The van der Waals surface area contributed by atoms with E-state index < -0.39 is 0 Å². The molecule has 0 unspecified atom stereocenters. The van der Waals surface area contributed by atoms with E-state index >= 15 is 0 Å². The van der Waals surface area contributed by atoms with Crippen molar-refractivity contribution in [3.8, 4) is 0 Å². The lowest BCUT2D eigenvalue weighted by Gasteiger charge is -2.01. The topological polar surface area (TPSA) is 83.6 Å². The third kappa shape index (κ3) is 4.57. The molecule has 0 bridgehead atoms. The Hall–Kier alpha value is -1.47. The normalized spacial score (nSPS) is 10.7. The summed E-state index contributed by atoms with van der Waals surface area (Å²) in [5.74, 6) is 0.576. The second kappa shape index (κ2) is 7.35. The van der Waals surface area contributed by atoms with E-state index in [0.29, 0.717) is 25.2 Å². The van der Waals surface area contributed by atoms with Crippen LogP contribution in [0.25, 0.3) is 0 Å². The minimum absolute atomic E-state index is 0.0393. The van der Waals surface area contributed by atoms with E-state index in [-0.39, 0.29) is 11.2 Å². The lowest BCUT2D eigenvalue weighted by molar-refractivity contribution is -0.121. The average Bonchev–Trinajstić information content (AvgIpc) is 3.04. The number of rotatable bonds is 7. The summed E-state index contributed by atoms with van der Waals surface area (Å²) in [5, 5.41) is 12.5. The van der Waals surface area contributed by atoms with Crippen LogP contribution in [-0.2, 0) is 24.2 Å². The van der Waals surface area contributed by atoms with Crippen LogP contribution in [0.5, 0.6) is 0 Å². The molecule has 2 rings (SSSR count). The number of aryl methyl sites for hydroxylation is 2. The Morgan fingerprint density at radius 1 is 1.45 bits per heavy atom. The van der Waals surface area contributed by atoms with Gasteiger partial charge in [-0.05, 0) is 24.4 Å². The maximum Gasteiger partial charge on any atom is 0.242 e. The monoisotopic (exact) mass is 313 g/mol. The number of hydrogen-bond donors (Lipinski definition) is 2. The molecule has 0 saturated heterocycles. The molecule has 2 aromatic heterocycles. The molecule has 1 amide bonds. The van der Waals surface area contributed by atoms with E-state index in [1.54, 1.807) is 11.3 Å². The summed E-state index contributed by atoms with van der Waals surface area (Å²) in [7, 11) is 0. The van der Waals surface area contributed by atoms with E-state index in [1.807, 2.05) is 5.38 Å². The lowest BCUT2D eigenvalue weighted by Crippen LogP contribution is -2.23. The van der Waals surface area contributed by atoms with E-state index in [2.05, 4.69) is 32.4 Å². The molecule has 0 aliphatic carbocycles. The maximum absolute atomic E-state index is 11.7. The fraction of sp³-hybridized carbons (Fsp3) is 0.500. The van der Waals surface area contributed by atoms with Gasteiger partial charge in [-0.2, -0.15) is 0 Å². The molecular formula is C12H16ClN5OS. The Balaban J connectivity index is 1.71. The van der Waals surface area contributed by atoms with Crippen LogP contribution in [0.1, 0.15) is 36.3 Å². The van der Waals surface area contributed by atoms with Crippen LogP contribution < -0.4 is 5.32 Å². The number of amides is 1. The zero-order valence-electron chi connectivity index (χ0n) is 11.1. The average molecular weight is 314 g/mol. The zero-order chi connectivity index (χ0) is 14.4. The van der Waals surface area contributed by atoms with Crippen molar-refractivity contribution in [2.45, 2.75) is 39.2 Å². The number of aromatic nitrogens is 4. The Morgan fingerprint density at radius 3 is 3.00 bits per heavy atom. The van der Waals surface area contributed by atoms with E-state index in [4.69, 9.17) is 11.6 Å². The first-order chi connectivity index (χ1) is 9.67. The van der Waals surface area contributed by atoms with Gasteiger partial charge in [-0.3, -0.25) is 9.89 Å². The van der Waals surface area contributed by atoms with Gasteiger partial charge in [0.2, 0.25) is 11.2 Å². The first-order valence-corrected chi connectivity index (χ1v) is 7.70. The molecule has 0 fully saturated rings. The molecule has 0 saturated carbocycles. The van der Waals surface area contributed by atoms with Gasteiger partial charge in [-0.25, -0.2) is 9.97 Å². The Bertz CT molecular complexity index is 568. The summed E-state index contributed by atoms with van der Waals surface area (Å²) in [6.45, 7) is 2.59. The molecule has 2 heterocycles. The molecule has 8 heteroatoms. The second-order valence-corrected chi connectivity index (χ2v) is 5.59. The van der Waals surface area contributed by atoms with Crippen molar-refractivity contribution in [1.82, 2.24) is 25.5 Å². The van der Waals surface area contributed by atoms with Gasteiger partial charge in [0.1, 0.15) is 5.82 Å². The number of nitrogens with one attached hydrogen (secondary N) is 2. The van der Waals surface area contributed by atoms with Crippen LogP contribution in [0.3, 0.4) is 0 Å². The van der Waals surface area contributed by atoms with Gasteiger partial charge in [0.25, 0.3) is 0 Å². The van der Waals surface area contributed by atoms with Crippen molar-refractivity contribution in [3.05, 3.63) is 27.2 Å². The fourth-order valence-electron chi connectivity index (χ4n) is 1.65. The SMILES string of the molecule is CCCc1nc(CNC(=O)CCc2nc(Cl)n[nH]2)cs1. The number of halogens is 1. The molecule has 2 aromatic rings. The highest BCUT2D eigenvalue weighted by Crippen LogP contribution is 2.11. The Morgan fingerprint density at radius 2 is 2.30 bits per heavy atom. The smallest absolute Gasteiger partial charge is 0.242 e. The molecule has 0 aliphatic rings. The number of nitrogens with zero attached hydrogens (tertiary/aromatic N) is 3. The first-order valence-electron chi connectivity index (χ1n) is 6.44. The molecule has 0 spiro atoms. The second-order valence-electron chi connectivity index (χ2n) is 4.31. The zero-order valence-corrected chi connectivity index (χ0v) is 12.7. The van der Waals surface area contributed by atoms with E-state index in [1.165, 1.54) is 0 Å². The summed E-state index contributed by atoms with van der Waals surface area (Å²) in [4.78, 5) is 20.1. The number of hydrogen-bond acceptors (Lipinski definition) is 5. The van der Waals surface area contributed by atoms with Crippen molar-refractivity contribution in [1.29, 1.82) is 0 Å². The number of carbonyl (C=O) groups is 1. The van der Waals surface area contributed by atoms with Crippen LogP contribution in [0, 0.1) is 0 Å². The summed E-state index contributed by atoms with van der Waals surface area (Å²) in [6, 6.07) is 0. The van der Waals surface area contributed by atoms with Crippen LogP contribution >= 0.6 is 22.9 Å². The number of aromatic amines is 1. The predicted octanol–water partition coefficient (Wildman–Crippen LogP) is 2.12. The van der Waals surface area contributed by atoms with Crippen LogP contribution in [0.15, 0.2) is 5.38 Å². The molecule has 108 valence electrons. The Labute approximate surface area is 126 Å². The fourth-order valence-corrected chi connectivity index (χ4v) is 2.70. The molecular weight excluding hydrogens is 298 g/mol. The number of H-pyrrole nitrogens is 1. The van der Waals surface area contributed by atoms with Gasteiger partial charge in [-0.1, -0.05) is 6.92 Å². The molecule has 0 radical (unpaired) electrons. The van der Waals surface area contributed by atoms with Crippen molar-refractivity contribution >= 4 is 28.8 Å². The van der Waals surface area contributed by atoms with Gasteiger partial charge in [-0.15, -0.1) is 16.4 Å². The first kappa shape index (κ1) is 14.9. The molecule has 0 atom stereocenters.